The second-order valence-electron chi connectivity index (χ2n) is 7.09. The molecule has 0 aliphatic carbocycles. The van der Waals surface area contributed by atoms with E-state index < -0.39 is 0 Å². The van der Waals surface area contributed by atoms with E-state index in [0.29, 0.717) is 5.75 Å². The van der Waals surface area contributed by atoms with E-state index in [4.69, 9.17) is 0 Å². The van der Waals surface area contributed by atoms with E-state index in [1.165, 1.54) is 5.56 Å². The Morgan fingerprint density at radius 2 is 1.63 bits per heavy atom. The molecule has 2 nitrogen and oxygen atoms in total. The zero-order valence-corrected chi connectivity index (χ0v) is 13.3. The van der Waals surface area contributed by atoms with Crippen molar-refractivity contribution in [1.29, 1.82) is 0 Å². The monoisotopic (exact) mass is 261 g/mol. The van der Waals surface area contributed by atoms with Crippen molar-refractivity contribution in [2.75, 3.05) is 6.54 Å². The van der Waals surface area contributed by atoms with Crippen molar-refractivity contribution in [2.24, 2.45) is 4.99 Å². The van der Waals surface area contributed by atoms with E-state index >= 15 is 0 Å². The Bertz CT molecular complexity index is 473. The third kappa shape index (κ3) is 3.82. The maximum atomic E-state index is 10.4. The molecule has 106 valence electrons. The maximum absolute atomic E-state index is 10.4. The van der Waals surface area contributed by atoms with Crippen molar-refractivity contribution in [2.45, 2.75) is 59.3 Å². The second-order valence-corrected chi connectivity index (χ2v) is 7.09. The summed E-state index contributed by atoms with van der Waals surface area (Å²) in [6.45, 7) is 15.6. The van der Waals surface area contributed by atoms with Gasteiger partial charge >= 0.3 is 0 Å². The van der Waals surface area contributed by atoms with Crippen LogP contribution in [0.3, 0.4) is 0 Å². The number of aliphatic imine (C=N–C) groups is 1. The van der Waals surface area contributed by atoms with Gasteiger partial charge in [-0.15, -0.1) is 0 Å². The van der Waals surface area contributed by atoms with Crippen LogP contribution in [-0.2, 0) is 10.8 Å². The van der Waals surface area contributed by atoms with Crippen molar-refractivity contribution in [3.05, 3.63) is 28.8 Å². The van der Waals surface area contributed by atoms with Crippen LogP contribution in [0.2, 0.25) is 0 Å². The molecule has 0 saturated heterocycles. The van der Waals surface area contributed by atoms with Gasteiger partial charge in [0.25, 0.3) is 0 Å². The largest absolute Gasteiger partial charge is 0.507 e. The summed E-state index contributed by atoms with van der Waals surface area (Å²) in [7, 11) is 0. The summed E-state index contributed by atoms with van der Waals surface area (Å²) in [4.78, 5) is 4.26. The molecule has 0 saturated carbocycles. The lowest BCUT2D eigenvalue weighted by Crippen LogP contribution is -2.17. The molecule has 1 aromatic carbocycles. The van der Waals surface area contributed by atoms with Crippen LogP contribution < -0.4 is 0 Å². The molecule has 0 spiro atoms. The highest BCUT2D eigenvalue weighted by atomic mass is 16.3. The fourth-order valence-electron chi connectivity index (χ4n) is 1.95. The lowest BCUT2D eigenvalue weighted by molar-refractivity contribution is 0.444. The third-order valence-corrected chi connectivity index (χ3v) is 3.23. The Morgan fingerprint density at radius 1 is 1.05 bits per heavy atom. The summed E-state index contributed by atoms with van der Waals surface area (Å²) in [5, 5.41) is 10.4. The van der Waals surface area contributed by atoms with Crippen molar-refractivity contribution < 1.29 is 5.11 Å². The van der Waals surface area contributed by atoms with Crippen LogP contribution in [-0.4, -0.2) is 17.9 Å². The first-order valence-electron chi connectivity index (χ1n) is 6.95. The zero-order valence-electron chi connectivity index (χ0n) is 13.3. The predicted octanol–water partition coefficient (Wildman–Crippen LogP) is 4.43. The molecule has 0 aliphatic rings. The fraction of sp³-hybridized carbons (Fsp3) is 0.588. The van der Waals surface area contributed by atoms with E-state index in [1.807, 2.05) is 13.0 Å². The van der Waals surface area contributed by atoms with Gasteiger partial charge in [-0.2, -0.15) is 0 Å². The van der Waals surface area contributed by atoms with Crippen molar-refractivity contribution in [3.8, 4) is 5.75 Å². The van der Waals surface area contributed by atoms with Gasteiger partial charge in [0.2, 0.25) is 0 Å². The first-order valence-corrected chi connectivity index (χ1v) is 6.95. The Balaban J connectivity index is 3.52. The summed E-state index contributed by atoms with van der Waals surface area (Å²) in [6, 6.07) is 4.17. The summed E-state index contributed by atoms with van der Waals surface area (Å²) in [5.41, 5.74) is 3.01. The van der Waals surface area contributed by atoms with Crippen LogP contribution >= 0.6 is 0 Å². The molecule has 1 N–H and O–H groups in total. The molecule has 2 heteroatoms. The van der Waals surface area contributed by atoms with Crippen molar-refractivity contribution in [3.63, 3.8) is 0 Å². The standard InChI is InChI=1S/C17H27NO/c1-8-18-11-12-9-13(16(2,3)4)10-14(15(12)19)17(5,6)7/h9-11,19H,8H2,1-7H3. The van der Waals surface area contributed by atoms with Crippen LogP contribution in [0.25, 0.3) is 0 Å². The zero-order chi connectivity index (χ0) is 14.8. The fourth-order valence-corrected chi connectivity index (χ4v) is 1.95. The summed E-state index contributed by atoms with van der Waals surface area (Å²) < 4.78 is 0. The molecule has 0 bridgehead atoms. The number of hydrogen-bond acceptors (Lipinski definition) is 2. The highest BCUT2D eigenvalue weighted by Crippen LogP contribution is 2.36. The highest BCUT2D eigenvalue weighted by Gasteiger charge is 2.24. The number of nitrogens with zero attached hydrogens (tertiary/aromatic N) is 1. The SMILES string of the molecule is CCN=Cc1cc(C(C)(C)C)cc(C(C)(C)C)c1O. The van der Waals surface area contributed by atoms with Gasteiger partial charge in [0.05, 0.1) is 0 Å². The topological polar surface area (TPSA) is 32.6 Å². The van der Waals surface area contributed by atoms with Gasteiger partial charge in [0, 0.05) is 23.9 Å². The van der Waals surface area contributed by atoms with Gasteiger partial charge < -0.3 is 5.11 Å². The van der Waals surface area contributed by atoms with Gasteiger partial charge in [0.15, 0.2) is 0 Å². The Morgan fingerprint density at radius 3 is 2.05 bits per heavy atom. The predicted molar refractivity (Wildman–Crippen MR) is 83.6 cm³/mol. The average Bonchev–Trinajstić information content (AvgIpc) is 2.24. The minimum absolute atomic E-state index is 0.0580. The maximum Gasteiger partial charge on any atom is 0.128 e. The molecule has 19 heavy (non-hydrogen) atoms. The Hall–Kier alpha value is -1.31. The molecule has 0 aromatic heterocycles. The third-order valence-electron chi connectivity index (χ3n) is 3.23. The second kappa shape index (κ2) is 5.36. The summed E-state index contributed by atoms with van der Waals surface area (Å²) in [6.07, 6.45) is 1.78. The molecule has 0 unspecified atom stereocenters. The Labute approximate surface area is 117 Å². The van der Waals surface area contributed by atoms with Gasteiger partial charge in [-0.25, -0.2) is 0 Å². The van der Waals surface area contributed by atoms with Crippen LogP contribution in [0.5, 0.6) is 5.75 Å². The average molecular weight is 261 g/mol. The highest BCUT2D eigenvalue weighted by molar-refractivity contribution is 5.85. The minimum atomic E-state index is -0.0832. The van der Waals surface area contributed by atoms with Crippen molar-refractivity contribution >= 4 is 6.21 Å². The van der Waals surface area contributed by atoms with Crippen molar-refractivity contribution in [1.82, 2.24) is 0 Å². The van der Waals surface area contributed by atoms with E-state index in [-0.39, 0.29) is 10.8 Å². The quantitative estimate of drug-likeness (QED) is 0.785. The smallest absolute Gasteiger partial charge is 0.128 e. The number of rotatable bonds is 2. The molecule has 0 heterocycles. The first kappa shape index (κ1) is 15.7. The molecule has 0 radical (unpaired) electrons. The van der Waals surface area contributed by atoms with Crippen LogP contribution in [0.1, 0.15) is 65.2 Å². The molecular weight excluding hydrogens is 234 g/mol. The van der Waals surface area contributed by atoms with Crippen LogP contribution in [0.15, 0.2) is 17.1 Å². The van der Waals surface area contributed by atoms with Gasteiger partial charge in [0.1, 0.15) is 5.75 Å². The van der Waals surface area contributed by atoms with Gasteiger partial charge in [-0.05, 0) is 29.4 Å². The van der Waals surface area contributed by atoms with E-state index in [1.54, 1.807) is 6.21 Å². The molecule has 1 aromatic rings. The lowest BCUT2D eigenvalue weighted by Gasteiger charge is -2.26. The Kier molecular flexibility index (Phi) is 4.44. The molecule has 0 aliphatic heterocycles. The molecule has 1 rings (SSSR count). The van der Waals surface area contributed by atoms with Crippen LogP contribution in [0, 0.1) is 0 Å². The summed E-state index contributed by atoms with van der Waals surface area (Å²) >= 11 is 0. The lowest BCUT2D eigenvalue weighted by atomic mass is 9.79. The number of aromatic hydroxyl groups is 1. The number of phenols is 1. The number of hydrogen-bond donors (Lipinski definition) is 1. The number of phenolic OH excluding ortho intramolecular Hbond substituents is 1. The first-order chi connectivity index (χ1) is 8.57. The van der Waals surface area contributed by atoms with Gasteiger partial charge in [-0.1, -0.05) is 47.6 Å². The molecule has 0 atom stereocenters. The molecular formula is C17H27NO. The van der Waals surface area contributed by atoms with E-state index in [2.05, 4.69) is 52.6 Å². The van der Waals surface area contributed by atoms with E-state index in [0.717, 1.165) is 17.7 Å². The summed E-state index contributed by atoms with van der Waals surface area (Å²) in [5.74, 6) is 0.359. The minimum Gasteiger partial charge on any atom is -0.507 e. The van der Waals surface area contributed by atoms with E-state index in [9.17, 15) is 5.11 Å². The molecule has 0 amide bonds. The van der Waals surface area contributed by atoms with Crippen LogP contribution in [0.4, 0.5) is 0 Å². The molecule has 0 fully saturated rings. The normalized spacial score (nSPS) is 13.2. The van der Waals surface area contributed by atoms with Gasteiger partial charge in [-0.3, -0.25) is 4.99 Å². The number of benzene rings is 1.